The Morgan fingerprint density at radius 3 is 2.61 bits per heavy atom. The van der Waals surface area contributed by atoms with E-state index >= 15 is 0 Å². The third-order valence-corrected chi connectivity index (χ3v) is 6.90. The van der Waals surface area contributed by atoms with E-state index in [4.69, 9.17) is 15.2 Å². The number of nitrogens with zero attached hydrogens (tertiary/aromatic N) is 3. The minimum Gasteiger partial charge on any atom is -0.380 e. The van der Waals surface area contributed by atoms with Crippen LogP contribution in [-0.2, 0) is 21.6 Å². The summed E-state index contributed by atoms with van der Waals surface area (Å²) in [5, 5.41) is 14.3. The molecule has 0 radical (unpaired) electrons. The Bertz CT molecular complexity index is 1140. The largest absolute Gasteiger partial charge is 0.380 e. The fourth-order valence-corrected chi connectivity index (χ4v) is 4.91. The number of hydrogen-bond donors (Lipinski definition) is 3. The summed E-state index contributed by atoms with van der Waals surface area (Å²) < 4.78 is 10.5. The molecule has 2 fully saturated rings. The minimum absolute atomic E-state index is 0.303. The standard InChI is InChI=1S/C23H25N5O4S/c24-21(29)17-11-18(15-1-3-16(4-2-15)23(30)13-32-14-23)33-22(17)27-19-5-6-25-20(26-19)12-28-7-9-31-10-8-28/h1-6,11,30H,7-10,12-14H2,(H2,24,29)(H,25,26,27). The molecule has 0 unspecified atom stereocenters. The highest BCUT2D eigenvalue weighted by Gasteiger charge is 2.37. The van der Waals surface area contributed by atoms with Gasteiger partial charge in [-0.2, -0.15) is 0 Å². The van der Waals surface area contributed by atoms with Gasteiger partial charge in [0.25, 0.3) is 5.91 Å². The molecule has 0 bridgehead atoms. The number of ether oxygens (including phenoxy) is 2. The van der Waals surface area contributed by atoms with Crippen LogP contribution in [0, 0.1) is 0 Å². The number of primary amides is 1. The van der Waals surface area contributed by atoms with Crippen LogP contribution in [0.4, 0.5) is 10.8 Å². The fraction of sp³-hybridized carbons (Fsp3) is 0.348. The van der Waals surface area contributed by atoms with Gasteiger partial charge in [0.15, 0.2) is 0 Å². The molecule has 3 aromatic rings. The molecule has 4 heterocycles. The van der Waals surface area contributed by atoms with Gasteiger partial charge in [0.05, 0.1) is 38.5 Å². The number of morpholine rings is 1. The van der Waals surface area contributed by atoms with Gasteiger partial charge in [-0.05, 0) is 23.3 Å². The van der Waals surface area contributed by atoms with Crippen molar-refractivity contribution in [2.24, 2.45) is 5.73 Å². The zero-order chi connectivity index (χ0) is 22.8. The molecule has 2 aliphatic rings. The van der Waals surface area contributed by atoms with Crippen LogP contribution in [0.1, 0.15) is 21.7 Å². The van der Waals surface area contributed by atoms with Gasteiger partial charge in [0.1, 0.15) is 22.2 Å². The molecule has 2 aliphatic heterocycles. The number of carbonyl (C=O) groups is 1. The van der Waals surface area contributed by atoms with Crippen molar-refractivity contribution >= 4 is 28.1 Å². The third kappa shape index (κ3) is 4.75. The maximum atomic E-state index is 12.1. The average molecular weight is 468 g/mol. The first-order chi connectivity index (χ1) is 16.0. The van der Waals surface area contributed by atoms with Crippen LogP contribution in [0.3, 0.4) is 0 Å². The molecule has 5 rings (SSSR count). The fourth-order valence-electron chi connectivity index (χ4n) is 3.84. The van der Waals surface area contributed by atoms with Gasteiger partial charge in [-0.1, -0.05) is 24.3 Å². The summed E-state index contributed by atoms with van der Waals surface area (Å²) in [6.07, 6.45) is 1.71. The molecular formula is C23H25N5O4S. The van der Waals surface area contributed by atoms with Crippen molar-refractivity contribution < 1.29 is 19.4 Å². The predicted octanol–water partition coefficient (Wildman–Crippen LogP) is 2.10. The van der Waals surface area contributed by atoms with Gasteiger partial charge in [-0.3, -0.25) is 9.69 Å². The maximum absolute atomic E-state index is 12.1. The second kappa shape index (κ2) is 9.16. The molecular weight excluding hydrogens is 442 g/mol. The van der Waals surface area contributed by atoms with E-state index in [-0.39, 0.29) is 0 Å². The quantitative estimate of drug-likeness (QED) is 0.483. The number of carbonyl (C=O) groups excluding carboxylic acids is 1. The van der Waals surface area contributed by atoms with Gasteiger partial charge < -0.3 is 25.6 Å². The summed E-state index contributed by atoms with van der Waals surface area (Å²) in [6.45, 7) is 4.38. The van der Waals surface area contributed by atoms with Gasteiger partial charge in [-0.15, -0.1) is 11.3 Å². The first kappa shape index (κ1) is 21.9. The van der Waals surface area contributed by atoms with E-state index in [1.807, 2.05) is 24.3 Å². The van der Waals surface area contributed by atoms with Crippen LogP contribution in [0.25, 0.3) is 10.4 Å². The summed E-state index contributed by atoms with van der Waals surface area (Å²) in [4.78, 5) is 24.2. The number of aromatic nitrogens is 2. The SMILES string of the molecule is NC(=O)c1cc(-c2ccc(C3(O)COC3)cc2)sc1Nc1ccnc(CN2CCOCC2)n1. The first-order valence-electron chi connectivity index (χ1n) is 10.7. The van der Waals surface area contributed by atoms with Crippen LogP contribution in [-0.4, -0.2) is 65.4 Å². The molecule has 0 saturated carbocycles. The highest BCUT2D eigenvalue weighted by Crippen LogP contribution is 2.38. The predicted molar refractivity (Wildman–Crippen MR) is 124 cm³/mol. The van der Waals surface area contributed by atoms with Gasteiger partial charge in [0, 0.05) is 24.2 Å². The van der Waals surface area contributed by atoms with Crippen molar-refractivity contribution in [1.29, 1.82) is 0 Å². The Hall–Kier alpha value is -2.89. The Balaban J connectivity index is 1.35. The van der Waals surface area contributed by atoms with Crippen molar-refractivity contribution in [1.82, 2.24) is 14.9 Å². The van der Waals surface area contributed by atoms with E-state index in [0.717, 1.165) is 29.1 Å². The van der Waals surface area contributed by atoms with E-state index in [1.165, 1.54) is 11.3 Å². The molecule has 2 saturated heterocycles. The Morgan fingerprint density at radius 1 is 1.18 bits per heavy atom. The number of benzene rings is 1. The van der Waals surface area contributed by atoms with Crippen molar-refractivity contribution in [3.63, 3.8) is 0 Å². The van der Waals surface area contributed by atoms with Crippen LogP contribution in [0.15, 0.2) is 42.6 Å². The van der Waals surface area contributed by atoms with Crippen LogP contribution < -0.4 is 11.1 Å². The summed E-state index contributed by atoms with van der Waals surface area (Å²) in [6, 6.07) is 11.2. The lowest BCUT2D eigenvalue weighted by atomic mass is 9.91. The summed E-state index contributed by atoms with van der Waals surface area (Å²) >= 11 is 1.42. The zero-order valence-electron chi connectivity index (χ0n) is 18.0. The molecule has 0 spiro atoms. The van der Waals surface area contributed by atoms with Crippen LogP contribution >= 0.6 is 11.3 Å². The molecule has 9 nitrogen and oxygen atoms in total. The molecule has 10 heteroatoms. The molecule has 33 heavy (non-hydrogen) atoms. The molecule has 0 aliphatic carbocycles. The third-order valence-electron chi connectivity index (χ3n) is 5.80. The molecule has 172 valence electrons. The Morgan fingerprint density at radius 2 is 1.94 bits per heavy atom. The van der Waals surface area contributed by atoms with Crippen molar-refractivity contribution in [2.45, 2.75) is 12.1 Å². The van der Waals surface area contributed by atoms with E-state index in [0.29, 0.717) is 55.2 Å². The lowest BCUT2D eigenvalue weighted by Crippen LogP contribution is -2.46. The molecule has 2 aromatic heterocycles. The Labute approximate surface area is 195 Å². The molecule has 1 aromatic carbocycles. The number of hydrogen-bond acceptors (Lipinski definition) is 9. The average Bonchev–Trinajstić information content (AvgIpc) is 3.23. The molecule has 4 N–H and O–H groups in total. The molecule has 1 amide bonds. The normalized spacial score (nSPS) is 18.0. The maximum Gasteiger partial charge on any atom is 0.251 e. The summed E-state index contributed by atoms with van der Waals surface area (Å²) in [5.41, 5.74) is 6.88. The lowest BCUT2D eigenvalue weighted by Gasteiger charge is -2.36. The van der Waals surface area contributed by atoms with E-state index in [1.54, 1.807) is 18.3 Å². The smallest absolute Gasteiger partial charge is 0.251 e. The number of rotatable bonds is 7. The number of anilines is 2. The monoisotopic (exact) mass is 467 g/mol. The van der Waals surface area contributed by atoms with E-state index in [2.05, 4.69) is 20.2 Å². The zero-order valence-corrected chi connectivity index (χ0v) is 18.8. The van der Waals surface area contributed by atoms with Gasteiger partial charge in [0.2, 0.25) is 0 Å². The highest BCUT2D eigenvalue weighted by molar-refractivity contribution is 7.19. The number of thiophene rings is 1. The van der Waals surface area contributed by atoms with Gasteiger partial charge >= 0.3 is 0 Å². The lowest BCUT2D eigenvalue weighted by molar-refractivity contribution is -0.184. The number of amides is 1. The minimum atomic E-state index is -0.912. The molecule has 0 atom stereocenters. The summed E-state index contributed by atoms with van der Waals surface area (Å²) in [7, 11) is 0. The first-order valence-corrected chi connectivity index (χ1v) is 11.6. The number of nitrogens with two attached hydrogens (primary N) is 1. The second-order valence-corrected chi connectivity index (χ2v) is 9.24. The van der Waals surface area contributed by atoms with Crippen molar-refractivity contribution in [3.05, 3.63) is 59.5 Å². The topological polar surface area (TPSA) is 123 Å². The van der Waals surface area contributed by atoms with Crippen LogP contribution in [0.2, 0.25) is 0 Å². The van der Waals surface area contributed by atoms with Crippen molar-refractivity contribution in [2.75, 3.05) is 44.8 Å². The number of nitrogens with one attached hydrogen (secondary N) is 1. The van der Waals surface area contributed by atoms with Crippen molar-refractivity contribution in [3.8, 4) is 10.4 Å². The van der Waals surface area contributed by atoms with Gasteiger partial charge in [-0.25, -0.2) is 9.97 Å². The number of aliphatic hydroxyl groups is 1. The van der Waals surface area contributed by atoms with E-state index in [9.17, 15) is 9.90 Å². The second-order valence-electron chi connectivity index (χ2n) is 8.19. The summed E-state index contributed by atoms with van der Waals surface area (Å²) in [5.74, 6) is 0.791. The van der Waals surface area contributed by atoms with Crippen LogP contribution in [0.5, 0.6) is 0 Å². The highest BCUT2D eigenvalue weighted by atomic mass is 32.1. The Kier molecular flexibility index (Phi) is 6.09. The van der Waals surface area contributed by atoms with E-state index < -0.39 is 11.5 Å².